The smallest absolute Gasteiger partial charge is 0.254 e. The molecular weight excluding hydrogens is 401 g/mol. The maximum Gasteiger partial charge on any atom is 0.254 e. The van der Waals surface area contributed by atoms with Crippen LogP contribution in [0.5, 0.6) is 0 Å². The number of hydrogen-bond acceptors (Lipinski definition) is 4. The predicted octanol–water partition coefficient (Wildman–Crippen LogP) is 2.36. The molecule has 1 aromatic rings. The second kappa shape index (κ2) is 11.2. The summed E-state index contributed by atoms with van der Waals surface area (Å²) < 4.78 is 19.0. The summed E-state index contributed by atoms with van der Waals surface area (Å²) in [5.41, 5.74) is -0.194. The van der Waals surface area contributed by atoms with E-state index in [9.17, 15) is 18.8 Å². The van der Waals surface area contributed by atoms with Gasteiger partial charge in [-0.25, -0.2) is 4.39 Å². The number of nitrogens with one attached hydrogen (secondary N) is 2. The highest BCUT2D eigenvalue weighted by molar-refractivity contribution is 5.97. The lowest BCUT2D eigenvalue weighted by Crippen LogP contribution is -2.54. The number of piperidine rings is 1. The molecule has 0 aromatic heterocycles. The molecule has 172 valence electrons. The Bertz CT molecular complexity index is 770. The van der Waals surface area contributed by atoms with Crippen molar-refractivity contribution in [3.05, 3.63) is 35.6 Å². The number of amides is 3. The van der Waals surface area contributed by atoms with Crippen LogP contribution in [0.2, 0.25) is 0 Å². The van der Waals surface area contributed by atoms with Crippen LogP contribution < -0.4 is 10.6 Å². The summed E-state index contributed by atoms with van der Waals surface area (Å²) in [5, 5.41) is 5.48. The molecule has 1 saturated heterocycles. The fraction of sp³-hybridized carbons (Fsp3) is 0.609. The number of halogens is 1. The van der Waals surface area contributed by atoms with Gasteiger partial charge in [-0.2, -0.15) is 0 Å². The molecule has 1 fully saturated rings. The second-order valence-corrected chi connectivity index (χ2v) is 9.17. The Kier molecular flexibility index (Phi) is 8.98. The lowest BCUT2D eigenvalue weighted by atomic mass is 9.87. The van der Waals surface area contributed by atoms with Gasteiger partial charge in [0, 0.05) is 33.2 Å². The Hall–Kier alpha value is -2.48. The molecule has 1 aliphatic heterocycles. The summed E-state index contributed by atoms with van der Waals surface area (Å²) in [6.45, 7) is 7.78. The van der Waals surface area contributed by atoms with Gasteiger partial charge in [0.2, 0.25) is 11.8 Å². The number of rotatable bonds is 8. The van der Waals surface area contributed by atoms with E-state index in [1.807, 2.05) is 25.7 Å². The Morgan fingerprint density at radius 1 is 1.19 bits per heavy atom. The van der Waals surface area contributed by atoms with E-state index in [0.29, 0.717) is 45.5 Å². The number of likely N-dealkylation sites (tertiary alicyclic amines) is 1. The Balaban J connectivity index is 2.07. The van der Waals surface area contributed by atoms with Crippen LogP contribution in [0.4, 0.5) is 4.39 Å². The Morgan fingerprint density at radius 2 is 1.84 bits per heavy atom. The van der Waals surface area contributed by atoms with Crippen LogP contribution in [0.15, 0.2) is 24.3 Å². The number of ether oxygens (including phenoxy) is 1. The summed E-state index contributed by atoms with van der Waals surface area (Å²) in [5.74, 6) is -1.65. The van der Waals surface area contributed by atoms with Crippen LogP contribution in [-0.2, 0) is 14.3 Å². The average Bonchev–Trinajstić information content (AvgIpc) is 2.71. The highest BCUT2D eigenvalue weighted by Gasteiger charge is 2.34. The van der Waals surface area contributed by atoms with Gasteiger partial charge in [0.1, 0.15) is 11.9 Å². The minimum absolute atomic E-state index is 0.0918. The van der Waals surface area contributed by atoms with Crippen LogP contribution in [0.1, 0.15) is 50.4 Å². The summed E-state index contributed by atoms with van der Waals surface area (Å²) in [6.07, 6.45) is 1.62. The largest absolute Gasteiger partial charge is 0.383 e. The molecule has 0 bridgehead atoms. The van der Waals surface area contributed by atoms with Crippen molar-refractivity contribution in [2.45, 2.75) is 46.1 Å². The maximum absolute atomic E-state index is 14.0. The van der Waals surface area contributed by atoms with Gasteiger partial charge < -0.3 is 20.3 Å². The highest BCUT2D eigenvalue weighted by atomic mass is 19.1. The van der Waals surface area contributed by atoms with Crippen molar-refractivity contribution in [1.82, 2.24) is 15.5 Å². The Labute approximate surface area is 183 Å². The molecular formula is C23H34FN3O4. The average molecular weight is 436 g/mol. The molecule has 3 amide bonds. The van der Waals surface area contributed by atoms with Crippen molar-refractivity contribution in [2.24, 2.45) is 11.3 Å². The lowest BCUT2D eigenvalue weighted by Gasteiger charge is -2.36. The molecule has 1 atom stereocenters. The SMILES string of the molecule is COCCNC(=O)[C@H](NC(=O)c1ccccc1F)C1CCN(C(=O)CC(C)(C)C)CC1. The first-order valence-corrected chi connectivity index (χ1v) is 10.7. The van der Waals surface area contributed by atoms with Gasteiger partial charge in [-0.3, -0.25) is 14.4 Å². The topological polar surface area (TPSA) is 87.7 Å². The molecule has 0 spiro atoms. The molecule has 2 rings (SSSR count). The second-order valence-electron chi connectivity index (χ2n) is 9.17. The summed E-state index contributed by atoms with van der Waals surface area (Å²) >= 11 is 0. The van der Waals surface area contributed by atoms with Gasteiger partial charge in [0.05, 0.1) is 12.2 Å². The number of carbonyl (C=O) groups excluding carboxylic acids is 3. The summed E-state index contributed by atoms with van der Waals surface area (Å²) in [7, 11) is 1.54. The van der Waals surface area contributed by atoms with E-state index in [1.165, 1.54) is 25.3 Å². The van der Waals surface area contributed by atoms with Crippen LogP contribution in [0.25, 0.3) is 0 Å². The number of benzene rings is 1. The zero-order valence-electron chi connectivity index (χ0n) is 18.9. The van der Waals surface area contributed by atoms with Crippen LogP contribution >= 0.6 is 0 Å². The maximum atomic E-state index is 14.0. The van der Waals surface area contributed by atoms with E-state index in [0.717, 1.165) is 0 Å². The molecule has 0 unspecified atom stereocenters. The van der Waals surface area contributed by atoms with Gasteiger partial charge in [-0.05, 0) is 36.3 Å². The van der Waals surface area contributed by atoms with E-state index in [-0.39, 0.29) is 28.7 Å². The van der Waals surface area contributed by atoms with Crippen molar-refractivity contribution >= 4 is 17.7 Å². The molecule has 7 nitrogen and oxygen atoms in total. The first-order chi connectivity index (χ1) is 14.6. The van der Waals surface area contributed by atoms with E-state index >= 15 is 0 Å². The summed E-state index contributed by atoms with van der Waals surface area (Å²) in [4.78, 5) is 39.8. The molecule has 1 heterocycles. The normalized spacial score (nSPS) is 16.0. The predicted molar refractivity (Wildman–Crippen MR) is 116 cm³/mol. The molecule has 31 heavy (non-hydrogen) atoms. The zero-order valence-corrected chi connectivity index (χ0v) is 18.9. The van der Waals surface area contributed by atoms with Crippen LogP contribution in [0, 0.1) is 17.2 Å². The molecule has 0 saturated carbocycles. The minimum atomic E-state index is -0.816. The first-order valence-electron chi connectivity index (χ1n) is 10.7. The standard InChI is InChI=1S/C23H34FN3O4/c1-23(2,3)15-19(28)27-12-9-16(10-13-27)20(22(30)25-11-14-31-4)26-21(29)17-7-5-6-8-18(17)24/h5-8,16,20H,9-15H2,1-4H3,(H,25,30)(H,26,29)/t20-/m1/s1. The van der Waals surface area contributed by atoms with E-state index < -0.39 is 17.8 Å². The van der Waals surface area contributed by atoms with Gasteiger partial charge in [0.25, 0.3) is 5.91 Å². The first kappa shape index (κ1) is 24.8. The molecule has 1 aliphatic rings. The highest BCUT2D eigenvalue weighted by Crippen LogP contribution is 2.25. The van der Waals surface area contributed by atoms with E-state index in [4.69, 9.17) is 4.74 Å². The van der Waals surface area contributed by atoms with Crippen molar-refractivity contribution < 1.29 is 23.5 Å². The molecule has 0 radical (unpaired) electrons. The third-order valence-electron chi connectivity index (χ3n) is 5.34. The fourth-order valence-electron chi connectivity index (χ4n) is 3.70. The third-order valence-corrected chi connectivity index (χ3v) is 5.34. The zero-order chi connectivity index (χ0) is 23.0. The number of nitrogens with zero attached hydrogens (tertiary/aromatic N) is 1. The van der Waals surface area contributed by atoms with Crippen LogP contribution in [-0.4, -0.2) is 62.0 Å². The fourth-order valence-corrected chi connectivity index (χ4v) is 3.70. The van der Waals surface area contributed by atoms with Crippen molar-refractivity contribution in [2.75, 3.05) is 33.4 Å². The molecule has 8 heteroatoms. The summed E-state index contributed by atoms with van der Waals surface area (Å²) in [6, 6.07) is 4.86. The van der Waals surface area contributed by atoms with Crippen LogP contribution in [0.3, 0.4) is 0 Å². The van der Waals surface area contributed by atoms with E-state index in [1.54, 1.807) is 6.07 Å². The number of methoxy groups -OCH3 is 1. The quantitative estimate of drug-likeness (QED) is 0.614. The van der Waals surface area contributed by atoms with Crippen molar-refractivity contribution in [3.8, 4) is 0 Å². The monoisotopic (exact) mass is 435 g/mol. The number of hydrogen-bond donors (Lipinski definition) is 2. The Morgan fingerprint density at radius 3 is 2.42 bits per heavy atom. The third kappa shape index (κ3) is 7.61. The molecule has 0 aliphatic carbocycles. The van der Waals surface area contributed by atoms with Crippen molar-refractivity contribution in [1.29, 1.82) is 0 Å². The lowest BCUT2D eigenvalue weighted by molar-refractivity contribution is -0.134. The van der Waals surface area contributed by atoms with E-state index in [2.05, 4.69) is 10.6 Å². The minimum Gasteiger partial charge on any atom is -0.383 e. The molecule has 1 aromatic carbocycles. The van der Waals surface area contributed by atoms with Gasteiger partial charge in [-0.1, -0.05) is 32.9 Å². The number of carbonyl (C=O) groups is 3. The van der Waals surface area contributed by atoms with Crippen molar-refractivity contribution in [3.63, 3.8) is 0 Å². The van der Waals surface area contributed by atoms with Gasteiger partial charge in [-0.15, -0.1) is 0 Å². The van der Waals surface area contributed by atoms with Gasteiger partial charge in [0.15, 0.2) is 0 Å². The molecule has 2 N–H and O–H groups in total. The van der Waals surface area contributed by atoms with Gasteiger partial charge >= 0.3 is 0 Å².